The number of hydrogen-bond donors (Lipinski definition) is 2. The molecule has 0 saturated carbocycles. The normalized spacial score (nSPS) is 15.2. The van der Waals surface area contributed by atoms with Crippen LogP contribution in [0.25, 0.3) is 17.4 Å². The molecule has 0 unspecified atom stereocenters. The number of nitrogens with one attached hydrogen (secondary N) is 1. The van der Waals surface area contributed by atoms with Crippen LogP contribution in [0.15, 0.2) is 69.1 Å². The first kappa shape index (κ1) is 21.3. The van der Waals surface area contributed by atoms with E-state index in [4.69, 9.17) is 4.42 Å². The molecule has 4 rings (SSSR count). The number of rotatable bonds is 4. The highest BCUT2D eigenvalue weighted by atomic mass is 79.9. The second-order valence-corrected chi connectivity index (χ2v) is 7.89. The molecule has 2 N–H and O–H groups in total. The molecule has 2 aromatic carbocycles. The van der Waals surface area contributed by atoms with Crippen molar-refractivity contribution in [3.8, 4) is 11.3 Å². The fourth-order valence-electron chi connectivity index (χ4n) is 3.24. The van der Waals surface area contributed by atoms with Gasteiger partial charge in [-0.25, -0.2) is 14.5 Å². The van der Waals surface area contributed by atoms with Crippen molar-refractivity contribution in [3.63, 3.8) is 0 Å². The van der Waals surface area contributed by atoms with E-state index in [1.807, 2.05) is 0 Å². The lowest BCUT2D eigenvalue weighted by Crippen LogP contribution is -2.54. The number of carboxylic acid groups (broad SMARTS) is 1. The van der Waals surface area contributed by atoms with Gasteiger partial charge in [-0.1, -0.05) is 34.1 Å². The van der Waals surface area contributed by atoms with Crippen LogP contribution < -0.4 is 10.2 Å². The first-order valence-electron chi connectivity index (χ1n) is 9.36. The van der Waals surface area contributed by atoms with E-state index < -0.39 is 23.8 Å². The molecule has 0 spiro atoms. The lowest BCUT2D eigenvalue weighted by molar-refractivity contribution is -0.122. The summed E-state index contributed by atoms with van der Waals surface area (Å²) in [5, 5.41) is 11.5. The number of barbiturate groups is 1. The van der Waals surface area contributed by atoms with Crippen molar-refractivity contribution in [1.82, 2.24) is 5.32 Å². The molecule has 32 heavy (non-hydrogen) atoms. The molecule has 0 radical (unpaired) electrons. The number of carboxylic acids is 1. The number of urea groups is 1. The summed E-state index contributed by atoms with van der Waals surface area (Å²) in [5.74, 6) is -2.13. The van der Waals surface area contributed by atoms with Crippen LogP contribution >= 0.6 is 15.9 Å². The summed E-state index contributed by atoms with van der Waals surface area (Å²) in [6, 6.07) is 13.7. The van der Waals surface area contributed by atoms with Gasteiger partial charge in [0, 0.05) is 10.0 Å². The zero-order valence-corrected chi connectivity index (χ0v) is 18.2. The van der Waals surface area contributed by atoms with Crippen molar-refractivity contribution in [1.29, 1.82) is 0 Å². The quantitative estimate of drug-likeness (QED) is 0.410. The van der Waals surface area contributed by atoms with Crippen molar-refractivity contribution in [3.05, 3.63) is 81.5 Å². The average Bonchev–Trinajstić information content (AvgIpc) is 3.20. The van der Waals surface area contributed by atoms with E-state index in [1.165, 1.54) is 12.1 Å². The van der Waals surface area contributed by atoms with Gasteiger partial charge in [-0.15, -0.1) is 0 Å². The maximum absolute atomic E-state index is 13.0. The molecule has 8 nitrogen and oxygen atoms in total. The minimum Gasteiger partial charge on any atom is -0.478 e. The molecule has 1 aromatic heterocycles. The summed E-state index contributed by atoms with van der Waals surface area (Å²) in [5.41, 5.74) is 1.30. The molecule has 1 fully saturated rings. The molecular formula is C23H15BrN2O6. The highest BCUT2D eigenvalue weighted by Crippen LogP contribution is 2.28. The predicted octanol–water partition coefficient (Wildman–Crippen LogP) is 4.38. The number of benzene rings is 2. The number of aryl methyl sites for hydroxylation is 1. The number of furan rings is 1. The molecule has 0 aliphatic carbocycles. The summed E-state index contributed by atoms with van der Waals surface area (Å²) < 4.78 is 6.38. The van der Waals surface area contributed by atoms with Crippen molar-refractivity contribution in [2.24, 2.45) is 0 Å². The monoisotopic (exact) mass is 494 g/mol. The van der Waals surface area contributed by atoms with Crippen LogP contribution in [-0.2, 0) is 9.59 Å². The summed E-state index contributed by atoms with van der Waals surface area (Å²) in [4.78, 5) is 49.8. The second-order valence-electron chi connectivity index (χ2n) is 6.97. The van der Waals surface area contributed by atoms with Crippen LogP contribution in [0.5, 0.6) is 0 Å². The number of carbonyl (C=O) groups excluding carboxylic acids is 3. The standard InChI is InChI=1S/C23H15BrN2O6/c1-12-5-6-13(9-17(12)22(29)30)19-8-7-16(32-19)11-18-20(27)25-23(31)26(21(18)28)15-4-2-3-14(24)10-15/h2-11H,1H3,(H,29,30)(H,25,27,31)/b18-11-. The van der Waals surface area contributed by atoms with Gasteiger partial charge < -0.3 is 9.52 Å². The van der Waals surface area contributed by atoms with Gasteiger partial charge in [-0.3, -0.25) is 14.9 Å². The zero-order chi connectivity index (χ0) is 23.0. The number of aromatic carboxylic acids is 1. The smallest absolute Gasteiger partial charge is 0.335 e. The van der Waals surface area contributed by atoms with Crippen LogP contribution in [0.1, 0.15) is 21.7 Å². The van der Waals surface area contributed by atoms with Crippen molar-refractivity contribution < 1.29 is 28.7 Å². The van der Waals surface area contributed by atoms with Crippen LogP contribution in [0.2, 0.25) is 0 Å². The van der Waals surface area contributed by atoms with Crippen LogP contribution in [-0.4, -0.2) is 28.9 Å². The van der Waals surface area contributed by atoms with Crippen molar-refractivity contribution in [2.45, 2.75) is 6.92 Å². The molecule has 0 atom stereocenters. The number of anilines is 1. The van der Waals surface area contributed by atoms with Crippen LogP contribution in [0, 0.1) is 6.92 Å². The molecule has 9 heteroatoms. The Labute approximate surface area is 190 Å². The number of imide groups is 2. The number of amides is 4. The Morgan fingerprint density at radius 1 is 1.09 bits per heavy atom. The van der Waals surface area contributed by atoms with Gasteiger partial charge in [0.05, 0.1) is 11.3 Å². The maximum Gasteiger partial charge on any atom is 0.335 e. The first-order chi connectivity index (χ1) is 15.2. The van der Waals surface area contributed by atoms with Gasteiger partial charge in [0.15, 0.2) is 0 Å². The Morgan fingerprint density at radius 3 is 2.59 bits per heavy atom. The van der Waals surface area contributed by atoms with Gasteiger partial charge in [0.1, 0.15) is 17.1 Å². The number of halogens is 1. The fraction of sp³-hybridized carbons (Fsp3) is 0.0435. The Hall–Kier alpha value is -3.98. The summed E-state index contributed by atoms with van der Waals surface area (Å²) in [7, 11) is 0. The number of nitrogens with zero attached hydrogens (tertiary/aromatic N) is 1. The molecule has 1 aliphatic rings. The lowest BCUT2D eigenvalue weighted by Gasteiger charge is -2.26. The van der Waals surface area contributed by atoms with Gasteiger partial charge in [-0.05, 0) is 55.0 Å². The Morgan fingerprint density at radius 2 is 1.88 bits per heavy atom. The van der Waals surface area contributed by atoms with Gasteiger partial charge in [-0.2, -0.15) is 0 Å². The molecule has 4 amide bonds. The highest BCUT2D eigenvalue weighted by molar-refractivity contribution is 9.10. The molecule has 1 aliphatic heterocycles. The van der Waals surface area contributed by atoms with Crippen molar-refractivity contribution >= 4 is 51.5 Å². The van der Waals surface area contributed by atoms with E-state index in [-0.39, 0.29) is 16.9 Å². The molecule has 2 heterocycles. The van der Waals surface area contributed by atoms with Gasteiger partial charge in [0.2, 0.25) is 0 Å². The minimum absolute atomic E-state index is 0.142. The summed E-state index contributed by atoms with van der Waals surface area (Å²) in [6.45, 7) is 1.69. The largest absolute Gasteiger partial charge is 0.478 e. The lowest BCUT2D eigenvalue weighted by atomic mass is 10.0. The topological polar surface area (TPSA) is 117 Å². The number of carbonyl (C=O) groups is 4. The Kier molecular flexibility index (Phi) is 5.50. The van der Waals surface area contributed by atoms with Crippen LogP contribution in [0.3, 0.4) is 0 Å². The summed E-state index contributed by atoms with van der Waals surface area (Å²) >= 11 is 3.29. The summed E-state index contributed by atoms with van der Waals surface area (Å²) in [6.07, 6.45) is 1.24. The third-order valence-electron chi connectivity index (χ3n) is 4.83. The average molecular weight is 495 g/mol. The third kappa shape index (κ3) is 3.97. The fourth-order valence-corrected chi connectivity index (χ4v) is 3.63. The van der Waals surface area contributed by atoms with E-state index in [9.17, 15) is 24.3 Å². The van der Waals surface area contributed by atoms with Gasteiger partial charge in [0.25, 0.3) is 11.8 Å². The third-order valence-corrected chi connectivity index (χ3v) is 5.33. The minimum atomic E-state index is -1.06. The SMILES string of the molecule is Cc1ccc(-c2ccc(/C=C3/C(=O)NC(=O)N(c4cccc(Br)c4)C3=O)o2)cc1C(=O)O. The van der Waals surface area contributed by atoms with E-state index >= 15 is 0 Å². The molecule has 3 aromatic rings. The van der Waals surface area contributed by atoms with Gasteiger partial charge >= 0.3 is 12.0 Å². The Bertz CT molecular complexity index is 1320. The first-order valence-corrected chi connectivity index (χ1v) is 10.1. The molecule has 160 valence electrons. The Balaban J connectivity index is 1.68. The van der Waals surface area contributed by atoms with Crippen molar-refractivity contribution in [2.75, 3.05) is 4.90 Å². The highest BCUT2D eigenvalue weighted by Gasteiger charge is 2.37. The van der Waals surface area contributed by atoms with E-state index in [0.29, 0.717) is 27.0 Å². The second kappa shape index (κ2) is 8.27. The van der Waals surface area contributed by atoms with E-state index in [1.54, 1.807) is 55.5 Å². The zero-order valence-electron chi connectivity index (χ0n) is 16.6. The molecular weight excluding hydrogens is 480 g/mol. The van der Waals surface area contributed by atoms with E-state index in [2.05, 4.69) is 21.2 Å². The van der Waals surface area contributed by atoms with E-state index in [0.717, 1.165) is 4.90 Å². The molecule has 1 saturated heterocycles. The maximum atomic E-state index is 13.0. The van der Waals surface area contributed by atoms with Crippen LogP contribution in [0.4, 0.5) is 10.5 Å². The molecule has 0 bridgehead atoms. The predicted molar refractivity (Wildman–Crippen MR) is 119 cm³/mol. The number of hydrogen-bond acceptors (Lipinski definition) is 5.